The Morgan fingerprint density at radius 2 is 1.56 bits per heavy atom. The second-order valence-corrected chi connectivity index (χ2v) is 10.8. The van der Waals surface area contributed by atoms with E-state index >= 15 is 0 Å². The van der Waals surface area contributed by atoms with Crippen molar-refractivity contribution in [1.82, 2.24) is 14.8 Å². The molecule has 216 valence electrons. The molecule has 0 aliphatic carbocycles. The first-order valence-electron chi connectivity index (χ1n) is 13.1. The van der Waals surface area contributed by atoms with Gasteiger partial charge in [0.25, 0.3) is 5.91 Å². The second-order valence-electron chi connectivity index (χ2n) is 10.8. The summed E-state index contributed by atoms with van der Waals surface area (Å²) in [6, 6.07) is 11.2. The topological polar surface area (TPSA) is 53.5 Å². The second kappa shape index (κ2) is 10.5. The highest BCUT2D eigenvalue weighted by Gasteiger charge is 2.47. The van der Waals surface area contributed by atoms with Gasteiger partial charge in [-0.25, -0.2) is 0 Å². The molecule has 5 nitrogen and oxygen atoms in total. The number of carbonyl (C=O) groups is 2. The number of amides is 2. The molecule has 2 aliphatic heterocycles. The van der Waals surface area contributed by atoms with Gasteiger partial charge in [-0.2, -0.15) is 26.3 Å². The van der Waals surface area contributed by atoms with E-state index < -0.39 is 53.8 Å². The fraction of sp³-hybridized carbons (Fsp3) is 0.367. The number of aromatic nitrogens is 1. The van der Waals surface area contributed by atoms with E-state index in [-0.39, 0.29) is 36.3 Å². The average molecular weight is 576 g/mol. The van der Waals surface area contributed by atoms with Gasteiger partial charge < -0.3 is 9.80 Å². The zero-order valence-electron chi connectivity index (χ0n) is 22.3. The number of carbonyl (C=O) groups excluding carboxylic acids is 2. The summed E-state index contributed by atoms with van der Waals surface area (Å²) in [5.41, 5.74) is -0.696. The molecule has 0 radical (unpaired) electrons. The van der Waals surface area contributed by atoms with Crippen LogP contribution in [0.1, 0.15) is 63.1 Å². The number of rotatable bonds is 3. The van der Waals surface area contributed by atoms with Crippen LogP contribution in [0.3, 0.4) is 0 Å². The molecule has 1 saturated heterocycles. The molecule has 2 unspecified atom stereocenters. The number of fused-ring (bicyclic) bond motifs is 2. The molecule has 0 saturated carbocycles. The summed E-state index contributed by atoms with van der Waals surface area (Å²) in [6.45, 7) is 3.62. The summed E-state index contributed by atoms with van der Waals surface area (Å²) in [5.74, 6) is -1.79. The maximum atomic E-state index is 14.3. The molecule has 2 aromatic carbocycles. The van der Waals surface area contributed by atoms with Crippen LogP contribution in [0.5, 0.6) is 0 Å². The van der Waals surface area contributed by atoms with E-state index in [0.29, 0.717) is 24.1 Å². The maximum absolute atomic E-state index is 14.3. The lowest BCUT2D eigenvalue weighted by Crippen LogP contribution is -2.59. The van der Waals surface area contributed by atoms with E-state index in [2.05, 4.69) is 4.98 Å². The standard InChI is InChI=1S/C30H27F6N3O2/c1-17-5-7-20(8-6-17)24-23-4-3-10-37-25(23)27(40)39-11-9-18(2)15-38(28(41)26(24)39)16-19-12-21(29(31,32)33)14-22(13-19)30(34,35)36/h3-8,10,12-14,18,24,26H,9,11,15-16H2,1-2H3/t18-,24?,26?/m1/s1. The van der Waals surface area contributed by atoms with Crippen molar-refractivity contribution < 1.29 is 35.9 Å². The largest absolute Gasteiger partial charge is 0.416 e. The number of alkyl halides is 6. The Morgan fingerprint density at radius 3 is 2.17 bits per heavy atom. The van der Waals surface area contributed by atoms with Crippen LogP contribution in [-0.2, 0) is 23.7 Å². The number of nitrogens with zero attached hydrogens (tertiary/aromatic N) is 3. The van der Waals surface area contributed by atoms with E-state index in [0.717, 1.165) is 11.1 Å². The van der Waals surface area contributed by atoms with Gasteiger partial charge >= 0.3 is 12.4 Å². The summed E-state index contributed by atoms with van der Waals surface area (Å²) in [5, 5.41) is 0. The zero-order chi connectivity index (χ0) is 29.7. The molecule has 3 aromatic rings. The fourth-order valence-electron chi connectivity index (χ4n) is 5.69. The molecular formula is C30H27F6N3O2. The van der Waals surface area contributed by atoms with Crippen LogP contribution >= 0.6 is 0 Å². The lowest BCUT2D eigenvalue weighted by atomic mass is 9.78. The van der Waals surface area contributed by atoms with E-state index in [9.17, 15) is 35.9 Å². The molecule has 5 rings (SSSR count). The normalized spacial score (nSPS) is 21.7. The lowest BCUT2D eigenvalue weighted by molar-refractivity contribution is -0.143. The smallest absolute Gasteiger partial charge is 0.336 e. The first-order chi connectivity index (χ1) is 19.2. The molecule has 1 aromatic heterocycles. The highest BCUT2D eigenvalue weighted by atomic mass is 19.4. The van der Waals surface area contributed by atoms with Crippen LogP contribution in [0, 0.1) is 12.8 Å². The van der Waals surface area contributed by atoms with Gasteiger partial charge in [0.15, 0.2) is 0 Å². The van der Waals surface area contributed by atoms with Gasteiger partial charge in [-0.1, -0.05) is 42.8 Å². The Bertz CT molecular complexity index is 1440. The van der Waals surface area contributed by atoms with Gasteiger partial charge in [0.05, 0.1) is 11.1 Å². The van der Waals surface area contributed by atoms with Crippen LogP contribution in [0.25, 0.3) is 0 Å². The van der Waals surface area contributed by atoms with E-state index in [4.69, 9.17) is 0 Å². The minimum Gasteiger partial charge on any atom is -0.336 e. The predicted molar refractivity (Wildman–Crippen MR) is 138 cm³/mol. The van der Waals surface area contributed by atoms with Gasteiger partial charge in [-0.15, -0.1) is 0 Å². The molecule has 0 N–H and O–H groups in total. The number of hydrogen-bond donors (Lipinski definition) is 0. The fourth-order valence-corrected chi connectivity index (χ4v) is 5.69. The summed E-state index contributed by atoms with van der Waals surface area (Å²) < 4.78 is 81.3. The zero-order valence-corrected chi connectivity index (χ0v) is 22.3. The highest BCUT2D eigenvalue weighted by molar-refractivity contribution is 6.00. The third-order valence-electron chi connectivity index (χ3n) is 7.71. The molecular weight excluding hydrogens is 548 g/mol. The van der Waals surface area contributed by atoms with Gasteiger partial charge in [0, 0.05) is 31.7 Å². The Hall–Kier alpha value is -3.89. The first-order valence-corrected chi connectivity index (χ1v) is 13.1. The average Bonchev–Trinajstić information content (AvgIpc) is 2.90. The number of hydrogen-bond acceptors (Lipinski definition) is 3. The summed E-state index contributed by atoms with van der Waals surface area (Å²) in [7, 11) is 0. The Labute approximate surface area is 232 Å². The van der Waals surface area contributed by atoms with Crippen molar-refractivity contribution in [3.63, 3.8) is 0 Å². The third-order valence-corrected chi connectivity index (χ3v) is 7.71. The lowest BCUT2D eigenvalue weighted by Gasteiger charge is -2.45. The maximum Gasteiger partial charge on any atom is 0.416 e. The van der Waals surface area contributed by atoms with Crippen LogP contribution in [0.4, 0.5) is 26.3 Å². The molecule has 2 aliphatic rings. The van der Waals surface area contributed by atoms with Gasteiger partial charge in [-0.3, -0.25) is 14.6 Å². The van der Waals surface area contributed by atoms with Gasteiger partial charge in [-0.05, 0) is 60.2 Å². The van der Waals surface area contributed by atoms with E-state index in [1.54, 1.807) is 12.1 Å². The van der Waals surface area contributed by atoms with E-state index in [1.165, 1.54) is 16.0 Å². The van der Waals surface area contributed by atoms with Crippen LogP contribution < -0.4 is 0 Å². The van der Waals surface area contributed by atoms with Crippen molar-refractivity contribution in [1.29, 1.82) is 0 Å². The number of pyridine rings is 1. The molecule has 3 heterocycles. The molecule has 11 heteroatoms. The van der Waals surface area contributed by atoms with E-state index in [1.807, 2.05) is 38.1 Å². The molecule has 3 atom stereocenters. The van der Waals surface area contributed by atoms with Crippen molar-refractivity contribution in [3.8, 4) is 0 Å². The summed E-state index contributed by atoms with van der Waals surface area (Å²) >= 11 is 0. The Kier molecular flexibility index (Phi) is 7.33. The van der Waals surface area contributed by atoms with Crippen LogP contribution in [0.15, 0.2) is 60.8 Å². The van der Waals surface area contributed by atoms with Gasteiger partial charge in [0.1, 0.15) is 11.7 Å². The number of halogens is 6. The minimum atomic E-state index is -5.01. The molecule has 2 amide bonds. The highest BCUT2D eigenvalue weighted by Crippen LogP contribution is 2.41. The van der Waals surface area contributed by atoms with Crippen molar-refractivity contribution >= 4 is 11.8 Å². The van der Waals surface area contributed by atoms with Crippen molar-refractivity contribution in [2.75, 3.05) is 13.1 Å². The third kappa shape index (κ3) is 5.67. The summed E-state index contributed by atoms with van der Waals surface area (Å²) in [4.78, 5) is 35.0. The molecule has 0 bridgehead atoms. The Morgan fingerprint density at radius 1 is 0.927 bits per heavy atom. The van der Waals surface area contributed by atoms with Crippen molar-refractivity contribution in [2.45, 2.75) is 51.1 Å². The summed E-state index contributed by atoms with van der Waals surface area (Å²) in [6.07, 6.45) is -8.05. The Balaban J connectivity index is 1.61. The van der Waals surface area contributed by atoms with Gasteiger partial charge in [0.2, 0.25) is 5.91 Å². The van der Waals surface area contributed by atoms with Crippen LogP contribution in [-0.4, -0.2) is 45.7 Å². The SMILES string of the molecule is Cc1ccc(C2c3cccnc3C(=O)N3CC[C@@H](C)CN(Cc4cc(C(F)(F)F)cc(C(F)(F)F)c4)C(=O)C23)cc1. The molecule has 0 spiro atoms. The quantitative estimate of drug-likeness (QED) is 0.337. The van der Waals surface area contributed by atoms with Crippen molar-refractivity contribution in [3.05, 3.63) is 99.9 Å². The van der Waals surface area contributed by atoms with Crippen molar-refractivity contribution in [2.24, 2.45) is 5.92 Å². The number of aryl methyl sites for hydroxylation is 1. The predicted octanol–water partition coefficient (Wildman–Crippen LogP) is 6.45. The monoisotopic (exact) mass is 575 g/mol. The molecule has 1 fully saturated rings. The minimum absolute atomic E-state index is 0.0697. The molecule has 41 heavy (non-hydrogen) atoms. The number of benzene rings is 2. The van der Waals surface area contributed by atoms with Crippen LogP contribution in [0.2, 0.25) is 0 Å². The first kappa shape index (κ1) is 28.6.